The molecule has 1 fully saturated rings. The van der Waals surface area contributed by atoms with Gasteiger partial charge in [-0.3, -0.25) is 14.5 Å². The molecular weight excluding hydrogens is 394 g/mol. The molecule has 1 unspecified atom stereocenters. The van der Waals surface area contributed by atoms with Gasteiger partial charge in [0.05, 0.1) is 22.7 Å². The Morgan fingerprint density at radius 3 is 2.54 bits per heavy atom. The van der Waals surface area contributed by atoms with E-state index in [1.165, 1.54) is 16.2 Å². The highest BCUT2D eigenvalue weighted by atomic mass is 35.5. The van der Waals surface area contributed by atoms with E-state index >= 15 is 0 Å². The van der Waals surface area contributed by atoms with Crippen molar-refractivity contribution in [2.24, 2.45) is 0 Å². The Hall–Kier alpha value is -2.03. The standard InChI is InChI=1S/C17H16ClN3O3S2/c1-10(13-6-7-14(18)26-13)19-16(23)20-12-4-2-11(3-5-12)8-21-15(22)9-25-17(21)24/h2-7,10H,8-9H2,1H3,(H2,19,20,23). The van der Waals surface area contributed by atoms with E-state index in [9.17, 15) is 14.4 Å². The van der Waals surface area contributed by atoms with Crippen LogP contribution in [0.1, 0.15) is 23.4 Å². The number of halogens is 1. The van der Waals surface area contributed by atoms with Gasteiger partial charge in [0.2, 0.25) is 5.91 Å². The summed E-state index contributed by atoms with van der Waals surface area (Å²) in [5.41, 5.74) is 1.44. The monoisotopic (exact) mass is 409 g/mol. The zero-order valence-electron chi connectivity index (χ0n) is 13.8. The predicted molar refractivity (Wildman–Crippen MR) is 105 cm³/mol. The summed E-state index contributed by atoms with van der Waals surface area (Å²) in [6.07, 6.45) is 0. The fourth-order valence-electron chi connectivity index (χ4n) is 2.41. The first kappa shape index (κ1) is 18.8. The predicted octanol–water partition coefficient (Wildman–Crippen LogP) is 4.48. The van der Waals surface area contributed by atoms with E-state index in [0.29, 0.717) is 10.0 Å². The highest BCUT2D eigenvalue weighted by Gasteiger charge is 2.29. The maximum Gasteiger partial charge on any atom is 0.319 e. The average Bonchev–Trinajstić information content (AvgIpc) is 3.17. The van der Waals surface area contributed by atoms with Crippen molar-refractivity contribution >= 4 is 57.6 Å². The number of carbonyl (C=O) groups excluding carboxylic acids is 3. The van der Waals surface area contributed by atoms with Gasteiger partial charge >= 0.3 is 6.03 Å². The first-order valence-electron chi connectivity index (χ1n) is 7.81. The smallest absolute Gasteiger partial charge is 0.319 e. The number of hydrogen-bond acceptors (Lipinski definition) is 5. The molecule has 4 amide bonds. The van der Waals surface area contributed by atoms with Crippen LogP contribution in [-0.4, -0.2) is 27.8 Å². The Balaban J connectivity index is 1.54. The van der Waals surface area contributed by atoms with Gasteiger partial charge in [-0.2, -0.15) is 0 Å². The van der Waals surface area contributed by atoms with Crippen LogP contribution in [0.5, 0.6) is 0 Å². The number of carbonyl (C=O) groups is 3. The third kappa shape index (κ3) is 4.57. The van der Waals surface area contributed by atoms with E-state index < -0.39 is 0 Å². The fraction of sp³-hybridized carbons (Fsp3) is 0.235. The minimum atomic E-state index is -0.323. The summed E-state index contributed by atoms with van der Waals surface area (Å²) >= 11 is 8.35. The molecule has 0 radical (unpaired) electrons. The number of nitrogens with zero attached hydrogens (tertiary/aromatic N) is 1. The molecule has 26 heavy (non-hydrogen) atoms. The zero-order valence-corrected chi connectivity index (χ0v) is 16.2. The van der Waals surface area contributed by atoms with Gasteiger partial charge in [0.1, 0.15) is 0 Å². The molecule has 2 aromatic rings. The number of urea groups is 1. The minimum Gasteiger partial charge on any atom is -0.331 e. The van der Waals surface area contributed by atoms with Gasteiger partial charge in [-0.05, 0) is 36.8 Å². The van der Waals surface area contributed by atoms with Gasteiger partial charge < -0.3 is 10.6 Å². The summed E-state index contributed by atoms with van der Waals surface area (Å²) < 4.78 is 0.679. The molecule has 1 aromatic carbocycles. The summed E-state index contributed by atoms with van der Waals surface area (Å²) in [7, 11) is 0. The molecule has 0 bridgehead atoms. The summed E-state index contributed by atoms with van der Waals surface area (Å²) in [6, 6.07) is 10.2. The Morgan fingerprint density at radius 1 is 1.23 bits per heavy atom. The van der Waals surface area contributed by atoms with Crippen molar-refractivity contribution in [3.05, 3.63) is 51.2 Å². The van der Waals surface area contributed by atoms with Crippen LogP contribution in [0.15, 0.2) is 36.4 Å². The third-order valence-electron chi connectivity index (χ3n) is 3.76. The van der Waals surface area contributed by atoms with Gasteiger partial charge in [-0.1, -0.05) is 35.5 Å². The third-order valence-corrected chi connectivity index (χ3v) is 6.03. The Morgan fingerprint density at radius 2 is 1.96 bits per heavy atom. The number of benzene rings is 1. The number of thiophene rings is 1. The second kappa shape index (κ2) is 8.11. The number of amides is 4. The SMILES string of the molecule is CC(NC(=O)Nc1ccc(CN2C(=O)CSC2=O)cc1)c1ccc(Cl)s1. The second-order valence-corrected chi connectivity index (χ2v) is 8.37. The Bertz CT molecular complexity index is 822. The summed E-state index contributed by atoms with van der Waals surface area (Å²) in [6.45, 7) is 2.13. The van der Waals surface area contributed by atoms with Crippen molar-refractivity contribution in [3.63, 3.8) is 0 Å². The van der Waals surface area contributed by atoms with Gasteiger partial charge in [0.15, 0.2) is 0 Å². The molecule has 0 saturated carbocycles. The fourth-order valence-corrected chi connectivity index (χ4v) is 4.19. The average molecular weight is 410 g/mol. The summed E-state index contributed by atoms with van der Waals surface area (Å²) in [4.78, 5) is 37.6. The van der Waals surface area contributed by atoms with Crippen LogP contribution in [0, 0.1) is 0 Å². The van der Waals surface area contributed by atoms with Crippen LogP contribution < -0.4 is 10.6 Å². The van der Waals surface area contributed by atoms with Crippen LogP contribution in [0.3, 0.4) is 0 Å². The lowest BCUT2D eigenvalue weighted by molar-refractivity contribution is -0.125. The lowest BCUT2D eigenvalue weighted by Gasteiger charge is -2.15. The Kier molecular flexibility index (Phi) is 5.85. The maximum absolute atomic E-state index is 12.1. The number of rotatable bonds is 5. The van der Waals surface area contributed by atoms with E-state index in [-0.39, 0.29) is 35.5 Å². The highest BCUT2D eigenvalue weighted by molar-refractivity contribution is 8.14. The van der Waals surface area contributed by atoms with Crippen LogP contribution in [0.4, 0.5) is 15.3 Å². The number of hydrogen-bond donors (Lipinski definition) is 2. The molecule has 0 spiro atoms. The Labute approximate surface area is 163 Å². The molecule has 1 aliphatic heterocycles. The van der Waals surface area contributed by atoms with Crippen LogP contribution >= 0.6 is 34.7 Å². The number of anilines is 1. The zero-order chi connectivity index (χ0) is 18.7. The second-order valence-electron chi connectivity index (χ2n) is 5.69. The van der Waals surface area contributed by atoms with Crippen molar-refractivity contribution in [1.82, 2.24) is 10.2 Å². The molecule has 3 rings (SSSR count). The van der Waals surface area contributed by atoms with Gasteiger partial charge in [0.25, 0.3) is 5.24 Å². The van der Waals surface area contributed by atoms with Gasteiger partial charge in [0, 0.05) is 10.6 Å². The number of nitrogens with one attached hydrogen (secondary N) is 2. The molecule has 1 aromatic heterocycles. The van der Waals surface area contributed by atoms with E-state index in [2.05, 4.69) is 10.6 Å². The topological polar surface area (TPSA) is 78.5 Å². The number of thioether (sulfide) groups is 1. The van der Waals surface area contributed by atoms with Crippen molar-refractivity contribution in [2.75, 3.05) is 11.1 Å². The lowest BCUT2D eigenvalue weighted by Crippen LogP contribution is -2.30. The number of imide groups is 1. The van der Waals surface area contributed by atoms with Crippen molar-refractivity contribution in [2.45, 2.75) is 19.5 Å². The molecule has 9 heteroatoms. The molecule has 2 N–H and O–H groups in total. The minimum absolute atomic E-state index is 0.156. The molecular formula is C17H16ClN3O3S2. The van der Waals surface area contributed by atoms with Gasteiger partial charge in [-0.15, -0.1) is 11.3 Å². The van der Waals surface area contributed by atoms with Crippen molar-refractivity contribution < 1.29 is 14.4 Å². The maximum atomic E-state index is 12.1. The van der Waals surface area contributed by atoms with E-state index in [0.717, 1.165) is 22.2 Å². The van der Waals surface area contributed by atoms with E-state index in [1.54, 1.807) is 30.3 Å². The molecule has 1 saturated heterocycles. The first-order chi connectivity index (χ1) is 12.4. The van der Waals surface area contributed by atoms with Crippen LogP contribution in [0.2, 0.25) is 4.34 Å². The van der Waals surface area contributed by atoms with Crippen molar-refractivity contribution in [3.8, 4) is 0 Å². The van der Waals surface area contributed by atoms with E-state index in [1.807, 2.05) is 13.0 Å². The molecule has 136 valence electrons. The van der Waals surface area contributed by atoms with Crippen LogP contribution in [0.25, 0.3) is 0 Å². The molecule has 6 nitrogen and oxygen atoms in total. The van der Waals surface area contributed by atoms with E-state index in [4.69, 9.17) is 11.6 Å². The quantitative estimate of drug-likeness (QED) is 0.763. The highest BCUT2D eigenvalue weighted by Crippen LogP contribution is 2.26. The molecule has 2 heterocycles. The van der Waals surface area contributed by atoms with Crippen molar-refractivity contribution in [1.29, 1.82) is 0 Å². The molecule has 0 aliphatic carbocycles. The first-order valence-corrected chi connectivity index (χ1v) is 9.99. The van der Waals surface area contributed by atoms with Crippen LogP contribution in [-0.2, 0) is 11.3 Å². The normalized spacial score (nSPS) is 15.2. The summed E-state index contributed by atoms with van der Waals surface area (Å²) in [5, 5.41) is 5.38. The molecule has 1 aliphatic rings. The van der Waals surface area contributed by atoms with Gasteiger partial charge in [-0.25, -0.2) is 4.79 Å². The lowest BCUT2D eigenvalue weighted by atomic mass is 10.2. The largest absolute Gasteiger partial charge is 0.331 e. The summed E-state index contributed by atoms with van der Waals surface area (Å²) in [5.74, 6) is 0.0241. The molecule has 1 atom stereocenters.